The Balaban J connectivity index is 4.05. The average molecular weight is 145 g/mol. The molecule has 10 heavy (non-hydrogen) atoms. The summed E-state index contributed by atoms with van der Waals surface area (Å²) in [6.07, 6.45) is -0.421. The quantitative estimate of drug-likeness (QED) is 0.574. The highest BCUT2D eigenvalue weighted by Crippen LogP contribution is 2.00. The fourth-order valence-corrected chi connectivity index (χ4v) is 0.556. The van der Waals surface area contributed by atoms with Crippen molar-refractivity contribution in [3.63, 3.8) is 0 Å². The van der Waals surface area contributed by atoms with Crippen molar-refractivity contribution >= 4 is 12.7 Å². The maximum Gasteiger partial charge on any atom is 0.331 e. The molecule has 0 fully saturated rings. The number of carboxylic acid groups (broad SMARTS) is 1. The Morgan fingerprint density at radius 1 is 1.80 bits per heavy atom. The molecular weight excluding hydrogens is 134 g/mol. The number of hydrogen-bond donors (Lipinski definition) is 1. The van der Waals surface area contributed by atoms with Crippen molar-refractivity contribution < 1.29 is 14.6 Å². The first-order chi connectivity index (χ1) is 4.63. The zero-order valence-electron chi connectivity index (χ0n) is 6.07. The van der Waals surface area contributed by atoms with E-state index in [4.69, 9.17) is 9.84 Å². The topological polar surface area (TPSA) is 58.9 Å². The van der Waals surface area contributed by atoms with Gasteiger partial charge in [-0.15, -0.1) is 0 Å². The van der Waals surface area contributed by atoms with Gasteiger partial charge in [-0.1, -0.05) is 0 Å². The molecule has 0 heterocycles. The lowest BCUT2D eigenvalue weighted by atomic mass is 10.2. The molecule has 0 saturated heterocycles. The number of nitrogens with zero attached hydrogens (tertiary/aromatic N) is 1. The van der Waals surface area contributed by atoms with Crippen LogP contribution in [0.1, 0.15) is 6.92 Å². The number of aliphatic carboxylic acids is 1. The fraction of sp³-hybridized carbons (Fsp3) is 0.667. The number of rotatable bonds is 4. The third kappa shape index (κ3) is 2.14. The first kappa shape index (κ1) is 9.10. The molecule has 4 heteroatoms. The van der Waals surface area contributed by atoms with Crippen LogP contribution < -0.4 is 0 Å². The van der Waals surface area contributed by atoms with E-state index in [0.29, 0.717) is 0 Å². The lowest BCUT2D eigenvalue weighted by Crippen LogP contribution is -2.31. The lowest BCUT2D eigenvalue weighted by molar-refractivity contribution is -0.141. The van der Waals surface area contributed by atoms with E-state index in [0.717, 1.165) is 0 Å². The first-order valence-electron chi connectivity index (χ1n) is 2.85. The van der Waals surface area contributed by atoms with Crippen molar-refractivity contribution in [2.75, 3.05) is 7.11 Å². The molecule has 0 rings (SSSR count). The molecule has 0 aromatic carbocycles. The van der Waals surface area contributed by atoms with Crippen molar-refractivity contribution in [2.45, 2.75) is 19.1 Å². The van der Waals surface area contributed by atoms with E-state index >= 15 is 0 Å². The summed E-state index contributed by atoms with van der Waals surface area (Å²) in [6, 6.07) is -0.856. The highest BCUT2D eigenvalue weighted by molar-refractivity contribution is 5.75. The summed E-state index contributed by atoms with van der Waals surface area (Å²) >= 11 is 0. The van der Waals surface area contributed by atoms with Crippen LogP contribution in [0.15, 0.2) is 4.99 Å². The molecule has 0 aliphatic carbocycles. The smallest absolute Gasteiger partial charge is 0.331 e. The Labute approximate surface area is 59.5 Å². The summed E-state index contributed by atoms with van der Waals surface area (Å²) in [6.45, 7) is 4.77. The van der Waals surface area contributed by atoms with Gasteiger partial charge in [-0.2, -0.15) is 0 Å². The molecule has 0 bridgehead atoms. The highest BCUT2D eigenvalue weighted by atomic mass is 16.5. The summed E-state index contributed by atoms with van der Waals surface area (Å²) < 4.78 is 4.75. The Hall–Kier alpha value is -0.900. The summed E-state index contributed by atoms with van der Waals surface area (Å²) in [7, 11) is 1.44. The van der Waals surface area contributed by atoms with Gasteiger partial charge < -0.3 is 9.84 Å². The normalized spacial score (nSPS) is 15.8. The molecule has 0 radical (unpaired) electrons. The monoisotopic (exact) mass is 145 g/mol. The van der Waals surface area contributed by atoms with Crippen molar-refractivity contribution in [1.29, 1.82) is 0 Å². The van der Waals surface area contributed by atoms with Crippen molar-refractivity contribution in [2.24, 2.45) is 4.99 Å². The molecule has 0 aliphatic rings. The van der Waals surface area contributed by atoms with E-state index in [1.165, 1.54) is 7.11 Å². The predicted molar refractivity (Wildman–Crippen MR) is 37.4 cm³/mol. The van der Waals surface area contributed by atoms with Gasteiger partial charge in [-0.05, 0) is 13.6 Å². The van der Waals surface area contributed by atoms with Crippen LogP contribution in [0.2, 0.25) is 0 Å². The Kier molecular flexibility index (Phi) is 3.64. The Bertz CT molecular complexity index is 135. The standard InChI is InChI=1S/C6H11NO3/c1-4(10-3)5(7-2)6(8)9/h4-5H,2H2,1,3H3,(H,8,9)/t4-,5-/m0/s1. The van der Waals surface area contributed by atoms with Crippen LogP contribution >= 0.6 is 0 Å². The molecule has 0 unspecified atom stereocenters. The van der Waals surface area contributed by atoms with Crippen LogP contribution in [0.25, 0.3) is 0 Å². The van der Waals surface area contributed by atoms with E-state index < -0.39 is 18.1 Å². The minimum atomic E-state index is -1.01. The Morgan fingerprint density at radius 3 is 2.40 bits per heavy atom. The molecule has 0 spiro atoms. The van der Waals surface area contributed by atoms with Crippen LogP contribution in [-0.2, 0) is 9.53 Å². The van der Waals surface area contributed by atoms with Gasteiger partial charge in [0, 0.05) is 7.11 Å². The average Bonchev–Trinajstić information content (AvgIpc) is 1.88. The lowest BCUT2D eigenvalue weighted by Gasteiger charge is -2.13. The van der Waals surface area contributed by atoms with Gasteiger partial charge in [-0.25, -0.2) is 4.79 Å². The molecular formula is C6H11NO3. The third-order valence-corrected chi connectivity index (χ3v) is 1.27. The summed E-state index contributed by atoms with van der Waals surface area (Å²) in [4.78, 5) is 13.7. The number of carbonyl (C=O) groups is 1. The minimum absolute atomic E-state index is 0.421. The molecule has 0 saturated carbocycles. The van der Waals surface area contributed by atoms with Gasteiger partial charge in [0.2, 0.25) is 0 Å². The molecule has 0 amide bonds. The molecule has 0 aliphatic heterocycles. The highest BCUT2D eigenvalue weighted by Gasteiger charge is 2.21. The summed E-state index contributed by atoms with van der Waals surface area (Å²) in [5, 5.41) is 8.46. The number of methoxy groups -OCH3 is 1. The van der Waals surface area contributed by atoms with Crippen LogP contribution in [0.3, 0.4) is 0 Å². The molecule has 0 aromatic heterocycles. The molecule has 2 atom stereocenters. The number of hydrogen-bond acceptors (Lipinski definition) is 3. The number of ether oxygens (including phenoxy) is 1. The number of carboxylic acids is 1. The van der Waals surface area contributed by atoms with Crippen LogP contribution in [0.4, 0.5) is 0 Å². The number of aliphatic imine (C=N–C) groups is 1. The maximum absolute atomic E-state index is 10.3. The van der Waals surface area contributed by atoms with Gasteiger partial charge >= 0.3 is 5.97 Å². The molecule has 1 N–H and O–H groups in total. The van der Waals surface area contributed by atoms with Crippen LogP contribution in [0, 0.1) is 0 Å². The molecule has 58 valence electrons. The Morgan fingerprint density at radius 2 is 2.30 bits per heavy atom. The fourth-order valence-electron chi connectivity index (χ4n) is 0.556. The first-order valence-corrected chi connectivity index (χ1v) is 2.85. The molecule has 4 nitrogen and oxygen atoms in total. The van der Waals surface area contributed by atoms with Gasteiger partial charge in [0.25, 0.3) is 0 Å². The summed E-state index contributed by atoms with van der Waals surface area (Å²) in [5.74, 6) is -1.01. The zero-order valence-corrected chi connectivity index (χ0v) is 6.07. The van der Waals surface area contributed by atoms with Gasteiger partial charge in [0.1, 0.15) is 0 Å². The summed E-state index contributed by atoms with van der Waals surface area (Å²) in [5.41, 5.74) is 0. The predicted octanol–water partition coefficient (Wildman–Crippen LogP) is 0.175. The largest absolute Gasteiger partial charge is 0.480 e. The third-order valence-electron chi connectivity index (χ3n) is 1.27. The van der Waals surface area contributed by atoms with Gasteiger partial charge in [0.15, 0.2) is 6.04 Å². The van der Waals surface area contributed by atoms with Gasteiger partial charge in [-0.3, -0.25) is 4.99 Å². The van der Waals surface area contributed by atoms with E-state index in [2.05, 4.69) is 11.7 Å². The van der Waals surface area contributed by atoms with Crippen molar-refractivity contribution in [3.05, 3.63) is 0 Å². The van der Waals surface area contributed by atoms with Crippen LogP contribution in [0.5, 0.6) is 0 Å². The zero-order chi connectivity index (χ0) is 8.15. The second kappa shape index (κ2) is 4.00. The maximum atomic E-state index is 10.3. The van der Waals surface area contributed by atoms with E-state index in [1.54, 1.807) is 6.92 Å². The van der Waals surface area contributed by atoms with Crippen molar-refractivity contribution in [1.82, 2.24) is 0 Å². The SMILES string of the molecule is C=N[C@H](C(=O)O)[C@H](C)OC. The molecule has 0 aromatic rings. The van der Waals surface area contributed by atoms with E-state index in [1.807, 2.05) is 0 Å². The van der Waals surface area contributed by atoms with Crippen molar-refractivity contribution in [3.8, 4) is 0 Å². The van der Waals surface area contributed by atoms with E-state index in [-0.39, 0.29) is 0 Å². The second-order valence-corrected chi connectivity index (χ2v) is 1.91. The van der Waals surface area contributed by atoms with E-state index in [9.17, 15) is 4.79 Å². The van der Waals surface area contributed by atoms with Crippen LogP contribution in [-0.4, -0.2) is 37.0 Å². The van der Waals surface area contributed by atoms with Gasteiger partial charge in [0.05, 0.1) is 6.10 Å². The second-order valence-electron chi connectivity index (χ2n) is 1.91. The minimum Gasteiger partial charge on any atom is -0.480 e.